The number of carbonyl (C=O) groups excluding carboxylic acids is 2. The van der Waals surface area contributed by atoms with Gasteiger partial charge in [0.15, 0.2) is 0 Å². The van der Waals surface area contributed by atoms with E-state index in [0.29, 0.717) is 10.8 Å². The summed E-state index contributed by atoms with van der Waals surface area (Å²) in [5, 5.41) is 0. The van der Waals surface area contributed by atoms with E-state index >= 15 is 0 Å². The predicted molar refractivity (Wildman–Crippen MR) is 139 cm³/mol. The molecular weight excluding hydrogens is 440 g/mol. The van der Waals surface area contributed by atoms with Crippen LogP contribution in [0.15, 0.2) is 94.7 Å². The van der Waals surface area contributed by atoms with Crippen LogP contribution in [0.5, 0.6) is 0 Å². The van der Waals surface area contributed by atoms with Crippen molar-refractivity contribution in [2.24, 2.45) is 5.92 Å². The average Bonchev–Trinajstić information content (AvgIpc) is 2.88. The van der Waals surface area contributed by atoms with Gasteiger partial charge in [0.25, 0.3) is 5.91 Å². The minimum atomic E-state index is -0.111. The standard InChI is InChI=1S/C29H28N2O2S/c32-28(30-17-15-24(16-18-30)19-22-9-3-1-4-10-22)21-31-25-13-7-8-14-26(25)34-27(29(31)33)20-23-11-5-2-6-12-23/h1-14,20,24H,15-19,21H2. The van der Waals surface area contributed by atoms with E-state index in [-0.39, 0.29) is 18.4 Å². The van der Waals surface area contributed by atoms with Crippen molar-refractivity contribution < 1.29 is 9.59 Å². The molecule has 1 saturated heterocycles. The molecule has 0 N–H and O–H groups in total. The molecule has 1 fully saturated rings. The SMILES string of the molecule is O=C(CN1C(=O)C(=Cc2ccccc2)Sc2ccccc21)N1CCC(Cc2ccccc2)CC1. The first-order valence-corrected chi connectivity index (χ1v) is 12.7. The molecule has 172 valence electrons. The Morgan fingerprint density at radius 3 is 2.26 bits per heavy atom. The summed E-state index contributed by atoms with van der Waals surface area (Å²) in [4.78, 5) is 31.9. The molecular formula is C29H28N2O2S. The fourth-order valence-corrected chi connectivity index (χ4v) is 5.75. The Bertz CT molecular complexity index is 1190. The molecule has 34 heavy (non-hydrogen) atoms. The van der Waals surface area contributed by atoms with Crippen LogP contribution in [-0.4, -0.2) is 36.3 Å². The summed E-state index contributed by atoms with van der Waals surface area (Å²) >= 11 is 1.47. The normalized spacial score (nSPS) is 17.6. The van der Waals surface area contributed by atoms with Crippen LogP contribution in [0.4, 0.5) is 5.69 Å². The van der Waals surface area contributed by atoms with Crippen LogP contribution >= 0.6 is 11.8 Å². The molecule has 0 aromatic heterocycles. The van der Waals surface area contributed by atoms with Crippen LogP contribution in [-0.2, 0) is 16.0 Å². The fraction of sp³-hybridized carbons (Fsp3) is 0.241. The van der Waals surface area contributed by atoms with Crippen LogP contribution in [0.3, 0.4) is 0 Å². The summed E-state index contributed by atoms with van der Waals surface area (Å²) in [7, 11) is 0. The first-order chi connectivity index (χ1) is 16.7. The maximum Gasteiger partial charge on any atom is 0.265 e. The van der Waals surface area contributed by atoms with Gasteiger partial charge in [0.1, 0.15) is 6.54 Å². The topological polar surface area (TPSA) is 40.6 Å². The Labute approximate surface area is 205 Å². The zero-order valence-corrected chi connectivity index (χ0v) is 19.9. The third kappa shape index (κ3) is 5.10. The van der Waals surface area contributed by atoms with Gasteiger partial charge in [-0.05, 0) is 54.5 Å². The fourth-order valence-electron chi connectivity index (χ4n) is 4.69. The Hall–Kier alpha value is -3.31. The maximum absolute atomic E-state index is 13.4. The van der Waals surface area contributed by atoms with Crippen LogP contribution in [0, 0.1) is 5.92 Å². The number of piperidine rings is 1. The number of thioether (sulfide) groups is 1. The van der Waals surface area contributed by atoms with Crippen LogP contribution < -0.4 is 4.90 Å². The second-order valence-corrected chi connectivity index (χ2v) is 9.98. The molecule has 0 bridgehead atoms. The second-order valence-electron chi connectivity index (χ2n) is 8.89. The zero-order valence-electron chi connectivity index (χ0n) is 19.1. The Balaban J connectivity index is 1.28. The quantitative estimate of drug-likeness (QED) is 0.455. The van der Waals surface area contributed by atoms with Gasteiger partial charge in [-0.15, -0.1) is 0 Å². The molecule has 5 rings (SSSR count). The molecule has 3 aromatic carbocycles. The Morgan fingerprint density at radius 2 is 1.53 bits per heavy atom. The van der Waals surface area contributed by atoms with Crippen molar-refractivity contribution in [3.05, 3.63) is 101 Å². The summed E-state index contributed by atoms with van der Waals surface area (Å²) < 4.78 is 0. The van der Waals surface area contributed by atoms with Crippen LogP contribution in [0.2, 0.25) is 0 Å². The number of benzene rings is 3. The third-order valence-corrected chi connectivity index (χ3v) is 7.63. The number of likely N-dealkylation sites (tertiary alicyclic amines) is 1. The Morgan fingerprint density at radius 1 is 0.882 bits per heavy atom. The van der Waals surface area contributed by atoms with Gasteiger partial charge in [0, 0.05) is 18.0 Å². The van der Waals surface area contributed by atoms with Gasteiger partial charge in [-0.3, -0.25) is 14.5 Å². The van der Waals surface area contributed by atoms with E-state index in [2.05, 4.69) is 24.3 Å². The van der Waals surface area contributed by atoms with Crippen LogP contribution in [0.1, 0.15) is 24.0 Å². The van der Waals surface area contributed by atoms with Crippen molar-refractivity contribution in [1.82, 2.24) is 4.90 Å². The summed E-state index contributed by atoms with van der Waals surface area (Å²) in [6.45, 7) is 1.58. The maximum atomic E-state index is 13.4. The lowest BCUT2D eigenvalue weighted by atomic mass is 9.90. The van der Waals surface area contributed by atoms with E-state index in [4.69, 9.17) is 0 Å². The largest absolute Gasteiger partial charge is 0.341 e. The molecule has 0 radical (unpaired) electrons. The lowest BCUT2D eigenvalue weighted by molar-refractivity contribution is -0.132. The molecule has 0 atom stereocenters. The van der Waals surface area contributed by atoms with Gasteiger partial charge in [0.05, 0.1) is 10.6 Å². The molecule has 3 aromatic rings. The monoisotopic (exact) mass is 468 g/mol. The molecule has 2 heterocycles. The molecule has 0 unspecified atom stereocenters. The average molecular weight is 469 g/mol. The van der Waals surface area contributed by atoms with E-state index in [1.807, 2.05) is 71.6 Å². The van der Waals surface area contributed by atoms with Crippen molar-refractivity contribution in [1.29, 1.82) is 0 Å². The van der Waals surface area contributed by atoms with Crippen LogP contribution in [0.25, 0.3) is 6.08 Å². The summed E-state index contributed by atoms with van der Waals surface area (Å²) in [5.41, 5.74) is 3.15. The second kappa shape index (κ2) is 10.3. The van der Waals surface area contributed by atoms with E-state index in [1.165, 1.54) is 17.3 Å². The van der Waals surface area contributed by atoms with Gasteiger partial charge in [-0.25, -0.2) is 0 Å². The predicted octanol–water partition coefficient (Wildman–Crippen LogP) is 5.65. The first-order valence-electron chi connectivity index (χ1n) is 11.8. The summed E-state index contributed by atoms with van der Waals surface area (Å²) in [5.74, 6) is 0.507. The van der Waals surface area contributed by atoms with Gasteiger partial charge < -0.3 is 4.90 Å². The molecule has 0 saturated carbocycles. The first kappa shape index (κ1) is 22.5. The van der Waals surface area contributed by atoms with Crippen molar-refractivity contribution in [2.45, 2.75) is 24.2 Å². The molecule has 2 aliphatic rings. The van der Waals surface area contributed by atoms with Crippen molar-refractivity contribution in [2.75, 3.05) is 24.5 Å². The van der Waals surface area contributed by atoms with Gasteiger partial charge in [-0.1, -0.05) is 84.6 Å². The van der Waals surface area contributed by atoms with E-state index < -0.39 is 0 Å². The minimum Gasteiger partial charge on any atom is -0.341 e. The number of para-hydroxylation sites is 1. The summed E-state index contributed by atoms with van der Waals surface area (Å²) in [6.07, 6.45) is 4.97. The molecule has 0 spiro atoms. The lowest BCUT2D eigenvalue weighted by Gasteiger charge is -2.35. The number of rotatable bonds is 5. The van der Waals surface area contributed by atoms with Crippen molar-refractivity contribution in [3.8, 4) is 0 Å². The number of hydrogen-bond acceptors (Lipinski definition) is 3. The molecule has 5 heteroatoms. The molecule has 2 amide bonds. The highest BCUT2D eigenvalue weighted by Crippen LogP contribution is 2.42. The number of carbonyl (C=O) groups is 2. The minimum absolute atomic E-state index is 0.0206. The highest BCUT2D eigenvalue weighted by Gasteiger charge is 2.32. The van der Waals surface area contributed by atoms with E-state index in [1.54, 1.807) is 4.90 Å². The third-order valence-electron chi connectivity index (χ3n) is 6.56. The molecule has 4 nitrogen and oxygen atoms in total. The zero-order chi connectivity index (χ0) is 23.3. The van der Waals surface area contributed by atoms with Crippen molar-refractivity contribution >= 4 is 35.3 Å². The van der Waals surface area contributed by atoms with Gasteiger partial charge in [-0.2, -0.15) is 0 Å². The van der Waals surface area contributed by atoms with E-state index in [9.17, 15) is 9.59 Å². The molecule has 2 aliphatic heterocycles. The number of nitrogens with zero attached hydrogens (tertiary/aromatic N) is 2. The number of anilines is 1. The molecule has 0 aliphatic carbocycles. The highest BCUT2D eigenvalue weighted by molar-refractivity contribution is 8.04. The smallest absolute Gasteiger partial charge is 0.265 e. The summed E-state index contributed by atoms with van der Waals surface area (Å²) in [6, 6.07) is 28.2. The van der Waals surface area contributed by atoms with E-state index in [0.717, 1.165) is 48.5 Å². The highest BCUT2D eigenvalue weighted by atomic mass is 32.2. The van der Waals surface area contributed by atoms with Crippen molar-refractivity contribution in [3.63, 3.8) is 0 Å². The number of fused-ring (bicyclic) bond motifs is 1. The van der Waals surface area contributed by atoms with Gasteiger partial charge in [0.2, 0.25) is 5.91 Å². The Kier molecular flexibility index (Phi) is 6.82. The lowest BCUT2D eigenvalue weighted by Crippen LogP contribution is -2.47. The van der Waals surface area contributed by atoms with Gasteiger partial charge >= 0.3 is 0 Å². The number of hydrogen-bond donors (Lipinski definition) is 0. The number of amides is 2.